The lowest BCUT2D eigenvalue weighted by Gasteiger charge is -2.43. The molecule has 0 spiro atoms. The van der Waals surface area contributed by atoms with Crippen molar-refractivity contribution in [2.24, 2.45) is 0 Å². The van der Waals surface area contributed by atoms with E-state index in [-0.39, 0.29) is 5.60 Å². The first kappa shape index (κ1) is 17.3. The molecule has 2 rings (SSSR count). The van der Waals surface area contributed by atoms with Gasteiger partial charge in [0.1, 0.15) is 5.75 Å². The van der Waals surface area contributed by atoms with Gasteiger partial charge in [-0.25, -0.2) is 0 Å². The molecule has 1 saturated heterocycles. The van der Waals surface area contributed by atoms with Gasteiger partial charge in [0.25, 0.3) is 0 Å². The molecule has 2 N–H and O–H groups in total. The smallest absolute Gasteiger partial charge is 0.118 e. The SMILES string of the molecule is CCC1(C)CC(O)(CCNCc2ccc(OC)cc2)CCO1. The van der Waals surface area contributed by atoms with E-state index >= 15 is 0 Å². The highest BCUT2D eigenvalue weighted by atomic mass is 16.5. The first-order valence-electron chi connectivity index (χ1n) is 8.19. The Kier molecular flexibility index (Phi) is 5.84. The van der Waals surface area contributed by atoms with E-state index in [1.165, 1.54) is 5.56 Å². The minimum atomic E-state index is -0.601. The molecule has 2 unspecified atom stereocenters. The quantitative estimate of drug-likeness (QED) is 0.761. The number of benzene rings is 1. The molecular weight excluding hydrogens is 278 g/mol. The zero-order chi connectivity index (χ0) is 16.1. The normalized spacial score (nSPS) is 28.5. The van der Waals surface area contributed by atoms with Gasteiger partial charge in [0.2, 0.25) is 0 Å². The largest absolute Gasteiger partial charge is 0.497 e. The van der Waals surface area contributed by atoms with Crippen molar-refractivity contribution in [3.8, 4) is 5.75 Å². The Hall–Kier alpha value is -1.10. The summed E-state index contributed by atoms with van der Waals surface area (Å²) in [7, 11) is 1.67. The van der Waals surface area contributed by atoms with Crippen LogP contribution in [0.2, 0.25) is 0 Å². The fourth-order valence-corrected chi connectivity index (χ4v) is 3.06. The lowest BCUT2D eigenvalue weighted by molar-refractivity contribution is -0.155. The molecule has 4 heteroatoms. The van der Waals surface area contributed by atoms with Crippen LogP contribution in [0.3, 0.4) is 0 Å². The topological polar surface area (TPSA) is 50.7 Å². The molecule has 1 fully saturated rings. The Morgan fingerprint density at radius 3 is 2.68 bits per heavy atom. The minimum absolute atomic E-state index is 0.178. The fraction of sp³-hybridized carbons (Fsp3) is 0.667. The zero-order valence-electron chi connectivity index (χ0n) is 14.0. The van der Waals surface area contributed by atoms with Gasteiger partial charge in [-0.1, -0.05) is 19.1 Å². The molecule has 0 radical (unpaired) electrons. The second-order valence-corrected chi connectivity index (χ2v) is 6.58. The summed E-state index contributed by atoms with van der Waals surface area (Å²) in [6.07, 6.45) is 3.16. The van der Waals surface area contributed by atoms with Gasteiger partial charge < -0.3 is 19.9 Å². The Bertz CT molecular complexity index is 462. The average molecular weight is 307 g/mol. The van der Waals surface area contributed by atoms with Crippen LogP contribution in [-0.4, -0.2) is 36.6 Å². The molecule has 22 heavy (non-hydrogen) atoms. The van der Waals surface area contributed by atoms with Gasteiger partial charge in [-0.15, -0.1) is 0 Å². The molecule has 1 heterocycles. The van der Waals surface area contributed by atoms with Crippen LogP contribution in [0, 0.1) is 0 Å². The fourth-order valence-electron chi connectivity index (χ4n) is 3.06. The van der Waals surface area contributed by atoms with Gasteiger partial charge in [0.05, 0.1) is 24.9 Å². The number of ether oxygens (including phenoxy) is 2. The summed E-state index contributed by atoms with van der Waals surface area (Å²) in [6.45, 7) is 6.48. The lowest BCUT2D eigenvalue weighted by atomic mass is 9.80. The van der Waals surface area contributed by atoms with Crippen LogP contribution in [0.15, 0.2) is 24.3 Å². The average Bonchev–Trinajstić information content (AvgIpc) is 2.52. The lowest BCUT2D eigenvalue weighted by Crippen LogP contribution is -2.48. The van der Waals surface area contributed by atoms with Crippen LogP contribution < -0.4 is 10.1 Å². The summed E-state index contributed by atoms with van der Waals surface area (Å²) < 4.78 is 11.0. The molecule has 124 valence electrons. The van der Waals surface area contributed by atoms with Crippen molar-refractivity contribution in [2.45, 2.75) is 57.3 Å². The van der Waals surface area contributed by atoms with Gasteiger partial charge in [-0.3, -0.25) is 0 Å². The van der Waals surface area contributed by atoms with Gasteiger partial charge in [-0.05, 0) is 50.4 Å². The van der Waals surface area contributed by atoms with Gasteiger partial charge in [-0.2, -0.15) is 0 Å². The van der Waals surface area contributed by atoms with E-state index in [0.717, 1.165) is 44.5 Å². The molecule has 1 aromatic carbocycles. The van der Waals surface area contributed by atoms with Gasteiger partial charge in [0, 0.05) is 13.0 Å². The van der Waals surface area contributed by atoms with Crippen molar-refractivity contribution in [1.82, 2.24) is 5.32 Å². The molecule has 1 aliphatic heterocycles. The van der Waals surface area contributed by atoms with E-state index in [1.54, 1.807) is 7.11 Å². The van der Waals surface area contributed by atoms with Crippen molar-refractivity contribution in [3.05, 3.63) is 29.8 Å². The molecule has 2 atom stereocenters. The monoisotopic (exact) mass is 307 g/mol. The van der Waals surface area contributed by atoms with Crippen molar-refractivity contribution < 1.29 is 14.6 Å². The van der Waals surface area contributed by atoms with E-state index in [9.17, 15) is 5.11 Å². The third-order valence-corrected chi connectivity index (χ3v) is 4.72. The van der Waals surface area contributed by atoms with Crippen LogP contribution in [0.4, 0.5) is 0 Å². The summed E-state index contributed by atoms with van der Waals surface area (Å²) >= 11 is 0. The van der Waals surface area contributed by atoms with Gasteiger partial charge >= 0.3 is 0 Å². The molecular formula is C18H29NO3. The van der Waals surface area contributed by atoms with Gasteiger partial charge in [0.15, 0.2) is 0 Å². The van der Waals surface area contributed by atoms with Crippen molar-refractivity contribution in [2.75, 3.05) is 20.3 Å². The molecule has 1 aliphatic rings. The third kappa shape index (κ3) is 4.70. The number of hydrogen-bond donors (Lipinski definition) is 2. The zero-order valence-corrected chi connectivity index (χ0v) is 14.0. The molecule has 1 aromatic rings. The Morgan fingerprint density at radius 2 is 2.05 bits per heavy atom. The van der Waals surface area contributed by atoms with Crippen LogP contribution >= 0.6 is 0 Å². The summed E-state index contributed by atoms with van der Waals surface area (Å²) in [6, 6.07) is 8.05. The Morgan fingerprint density at radius 1 is 1.32 bits per heavy atom. The van der Waals surface area contributed by atoms with E-state index < -0.39 is 5.60 Å². The predicted molar refractivity (Wildman–Crippen MR) is 88.1 cm³/mol. The van der Waals surface area contributed by atoms with E-state index in [1.807, 2.05) is 12.1 Å². The van der Waals surface area contributed by atoms with Crippen LogP contribution in [0.1, 0.15) is 45.1 Å². The number of nitrogens with one attached hydrogen (secondary N) is 1. The van der Waals surface area contributed by atoms with E-state index in [0.29, 0.717) is 6.61 Å². The maximum Gasteiger partial charge on any atom is 0.118 e. The van der Waals surface area contributed by atoms with Crippen LogP contribution in [-0.2, 0) is 11.3 Å². The second-order valence-electron chi connectivity index (χ2n) is 6.58. The maximum absolute atomic E-state index is 10.8. The molecule has 0 bridgehead atoms. The first-order chi connectivity index (χ1) is 10.5. The highest BCUT2D eigenvalue weighted by Crippen LogP contribution is 2.36. The molecule has 0 aliphatic carbocycles. The number of methoxy groups -OCH3 is 1. The molecule has 4 nitrogen and oxygen atoms in total. The maximum atomic E-state index is 10.8. The Balaban J connectivity index is 1.75. The Labute approximate surface area is 133 Å². The summed E-state index contributed by atoms with van der Waals surface area (Å²) in [5.74, 6) is 0.874. The van der Waals surface area contributed by atoms with E-state index in [2.05, 4.69) is 31.3 Å². The highest BCUT2D eigenvalue weighted by Gasteiger charge is 2.40. The number of rotatable bonds is 7. The highest BCUT2D eigenvalue weighted by molar-refractivity contribution is 5.26. The summed E-state index contributed by atoms with van der Waals surface area (Å²) in [5.41, 5.74) is 0.442. The first-order valence-corrected chi connectivity index (χ1v) is 8.19. The summed E-state index contributed by atoms with van der Waals surface area (Å²) in [4.78, 5) is 0. The van der Waals surface area contributed by atoms with Crippen molar-refractivity contribution in [1.29, 1.82) is 0 Å². The molecule has 0 saturated carbocycles. The number of hydrogen-bond acceptors (Lipinski definition) is 4. The third-order valence-electron chi connectivity index (χ3n) is 4.72. The number of aliphatic hydroxyl groups is 1. The molecule has 0 amide bonds. The summed E-state index contributed by atoms with van der Waals surface area (Å²) in [5, 5.41) is 14.2. The molecule has 0 aromatic heterocycles. The van der Waals surface area contributed by atoms with E-state index in [4.69, 9.17) is 9.47 Å². The standard InChI is InChI=1S/C18H29NO3/c1-4-17(2)14-18(20,10-12-22-17)9-11-19-13-15-5-7-16(21-3)8-6-15/h5-8,19-20H,4,9-14H2,1-3H3. The minimum Gasteiger partial charge on any atom is -0.497 e. The second kappa shape index (κ2) is 7.44. The van der Waals surface area contributed by atoms with Crippen LogP contribution in [0.25, 0.3) is 0 Å². The predicted octanol–water partition coefficient (Wildman–Crippen LogP) is 2.89. The van der Waals surface area contributed by atoms with Crippen LogP contribution in [0.5, 0.6) is 5.75 Å². The van der Waals surface area contributed by atoms with Crippen molar-refractivity contribution in [3.63, 3.8) is 0 Å². The van der Waals surface area contributed by atoms with Crippen molar-refractivity contribution >= 4 is 0 Å².